The lowest BCUT2D eigenvalue weighted by atomic mass is 10.2. The number of hydrogen-bond acceptors (Lipinski definition) is 2. The zero-order valence-electron chi connectivity index (χ0n) is 12.7. The first-order valence-electron chi connectivity index (χ1n) is 7.08. The molecule has 1 fully saturated rings. The van der Waals surface area contributed by atoms with Crippen LogP contribution in [0.5, 0.6) is 0 Å². The molecule has 0 spiro atoms. The van der Waals surface area contributed by atoms with Gasteiger partial charge in [-0.05, 0) is 40.8 Å². The van der Waals surface area contributed by atoms with Crippen molar-refractivity contribution in [3.05, 3.63) is 23.0 Å². The fraction of sp³-hybridized carbons (Fsp3) is 0.667. The summed E-state index contributed by atoms with van der Waals surface area (Å²) in [4.78, 5) is 16.9. The molecule has 0 saturated carbocycles. The third-order valence-corrected chi connectivity index (χ3v) is 4.02. The van der Waals surface area contributed by atoms with Gasteiger partial charge in [0, 0.05) is 43.6 Å². The highest BCUT2D eigenvalue weighted by Crippen LogP contribution is 2.21. The second-order valence-electron chi connectivity index (χ2n) is 5.84. The SMILES string of the molecule is Cc1cc(C(=O)N2CCN(C)CC2)c(C)n1C(C)C. The molecule has 2 heterocycles. The molecule has 4 heteroatoms. The summed E-state index contributed by atoms with van der Waals surface area (Å²) in [6, 6.07) is 2.43. The summed E-state index contributed by atoms with van der Waals surface area (Å²) in [5.74, 6) is 0.188. The Kier molecular flexibility index (Phi) is 3.99. The Bertz CT molecular complexity index is 468. The van der Waals surface area contributed by atoms with Crippen molar-refractivity contribution in [2.45, 2.75) is 33.7 Å². The Morgan fingerprint density at radius 2 is 1.74 bits per heavy atom. The fourth-order valence-corrected chi connectivity index (χ4v) is 2.97. The van der Waals surface area contributed by atoms with Gasteiger partial charge < -0.3 is 14.4 Å². The maximum atomic E-state index is 12.6. The van der Waals surface area contributed by atoms with Crippen LogP contribution in [0.3, 0.4) is 0 Å². The van der Waals surface area contributed by atoms with Crippen LogP contribution in [0.4, 0.5) is 0 Å². The van der Waals surface area contributed by atoms with Crippen LogP contribution in [-0.2, 0) is 0 Å². The first-order valence-corrected chi connectivity index (χ1v) is 7.08. The van der Waals surface area contributed by atoms with Gasteiger partial charge in [0.25, 0.3) is 5.91 Å². The molecule has 0 aromatic carbocycles. The van der Waals surface area contributed by atoms with Crippen molar-refractivity contribution in [3.8, 4) is 0 Å². The standard InChI is InChI=1S/C15H25N3O/c1-11(2)18-12(3)10-14(13(18)4)15(19)17-8-6-16(5)7-9-17/h10-11H,6-9H2,1-5H3. The predicted octanol–water partition coefficient (Wildman–Crippen LogP) is 2.07. The largest absolute Gasteiger partial charge is 0.346 e. The maximum Gasteiger partial charge on any atom is 0.255 e. The number of rotatable bonds is 2. The molecule has 1 saturated heterocycles. The van der Waals surface area contributed by atoms with Crippen LogP contribution in [0.25, 0.3) is 0 Å². The molecule has 2 rings (SSSR count). The minimum atomic E-state index is 0.188. The van der Waals surface area contributed by atoms with E-state index in [2.05, 4.69) is 44.2 Å². The van der Waals surface area contributed by atoms with Gasteiger partial charge in [-0.2, -0.15) is 0 Å². The number of hydrogen-bond donors (Lipinski definition) is 0. The molecular weight excluding hydrogens is 238 g/mol. The smallest absolute Gasteiger partial charge is 0.255 e. The van der Waals surface area contributed by atoms with Gasteiger partial charge in [-0.25, -0.2) is 0 Å². The van der Waals surface area contributed by atoms with Gasteiger partial charge in [0.1, 0.15) is 0 Å². The number of likely N-dealkylation sites (N-methyl/N-ethyl adjacent to an activating group) is 1. The molecule has 0 N–H and O–H groups in total. The van der Waals surface area contributed by atoms with E-state index in [4.69, 9.17) is 0 Å². The minimum Gasteiger partial charge on any atom is -0.346 e. The molecule has 0 unspecified atom stereocenters. The van der Waals surface area contributed by atoms with Crippen LogP contribution in [0.15, 0.2) is 6.07 Å². The van der Waals surface area contributed by atoms with Gasteiger partial charge in [-0.3, -0.25) is 4.79 Å². The average molecular weight is 263 g/mol. The van der Waals surface area contributed by atoms with Gasteiger partial charge in [0.2, 0.25) is 0 Å². The second kappa shape index (κ2) is 5.37. The van der Waals surface area contributed by atoms with Crippen molar-refractivity contribution in [2.24, 2.45) is 0 Å². The van der Waals surface area contributed by atoms with E-state index in [1.54, 1.807) is 0 Å². The summed E-state index contributed by atoms with van der Waals surface area (Å²) >= 11 is 0. The average Bonchev–Trinajstić information content (AvgIpc) is 2.65. The zero-order valence-corrected chi connectivity index (χ0v) is 12.7. The quantitative estimate of drug-likeness (QED) is 0.817. The third kappa shape index (κ3) is 2.68. The van der Waals surface area contributed by atoms with E-state index in [9.17, 15) is 4.79 Å². The monoisotopic (exact) mass is 263 g/mol. The normalized spacial score (nSPS) is 17.3. The zero-order chi connectivity index (χ0) is 14.2. The number of piperazine rings is 1. The van der Waals surface area contributed by atoms with Gasteiger partial charge in [-0.15, -0.1) is 0 Å². The van der Waals surface area contributed by atoms with Gasteiger partial charge >= 0.3 is 0 Å². The number of nitrogens with zero attached hydrogens (tertiary/aromatic N) is 3. The topological polar surface area (TPSA) is 28.5 Å². The van der Waals surface area contributed by atoms with Crippen molar-refractivity contribution in [1.82, 2.24) is 14.4 Å². The first kappa shape index (κ1) is 14.1. The molecule has 106 valence electrons. The Balaban J connectivity index is 2.22. The third-order valence-electron chi connectivity index (χ3n) is 4.02. The van der Waals surface area contributed by atoms with Gasteiger partial charge in [0.05, 0.1) is 5.56 Å². The second-order valence-corrected chi connectivity index (χ2v) is 5.84. The van der Waals surface area contributed by atoms with Crippen LogP contribution in [0.2, 0.25) is 0 Å². The Hall–Kier alpha value is -1.29. The lowest BCUT2D eigenvalue weighted by Gasteiger charge is -2.32. The van der Waals surface area contributed by atoms with Crippen molar-refractivity contribution in [1.29, 1.82) is 0 Å². The summed E-state index contributed by atoms with van der Waals surface area (Å²) in [7, 11) is 2.10. The molecule has 19 heavy (non-hydrogen) atoms. The van der Waals surface area contributed by atoms with Crippen molar-refractivity contribution < 1.29 is 4.79 Å². The molecule has 0 aliphatic carbocycles. The summed E-state index contributed by atoms with van der Waals surface area (Å²) in [6.07, 6.45) is 0. The van der Waals surface area contributed by atoms with E-state index in [0.717, 1.165) is 37.4 Å². The molecule has 0 atom stereocenters. The van der Waals surface area contributed by atoms with Crippen LogP contribution >= 0.6 is 0 Å². The summed E-state index contributed by atoms with van der Waals surface area (Å²) < 4.78 is 2.24. The molecule has 1 aromatic heterocycles. The maximum absolute atomic E-state index is 12.6. The number of aromatic nitrogens is 1. The van der Waals surface area contributed by atoms with Crippen LogP contribution < -0.4 is 0 Å². The number of amides is 1. The molecule has 1 aliphatic rings. The lowest BCUT2D eigenvalue weighted by Crippen LogP contribution is -2.47. The van der Waals surface area contributed by atoms with Gasteiger partial charge in [-0.1, -0.05) is 0 Å². The molecule has 1 aromatic rings. The van der Waals surface area contributed by atoms with Crippen LogP contribution in [0.1, 0.15) is 41.6 Å². The number of aryl methyl sites for hydroxylation is 1. The van der Waals surface area contributed by atoms with E-state index < -0.39 is 0 Å². The van der Waals surface area contributed by atoms with Crippen molar-refractivity contribution in [2.75, 3.05) is 33.2 Å². The first-order chi connectivity index (χ1) is 8.91. The van der Waals surface area contributed by atoms with E-state index in [1.807, 2.05) is 11.0 Å². The molecule has 0 radical (unpaired) electrons. The van der Waals surface area contributed by atoms with E-state index >= 15 is 0 Å². The van der Waals surface area contributed by atoms with E-state index in [1.165, 1.54) is 5.69 Å². The Labute approximate surface area is 116 Å². The molecule has 0 bridgehead atoms. The highest BCUT2D eigenvalue weighted by Gasteiger charge is 2.24. The van der Waals surface area contributed by atoms with Crippen LogP contribution in [0, 0.1) is 13.8 Å². The minimum absolute atomic E-state index is 0.188. The molecular formula is C15H25N3O. The Morgan fingerprint density at radius 1 is 1.16 bits per heavy atom. The lowest BCUT2D eigenvalue weighted by molar-refractivity contribution is 0.0663. The van der Waals surface area contributed by atoms with E-state index in [0.29, 0.717) is 6.04 Å². The van der Waals surface area contributed by atoms with Gasteiger partial charge in [0.15, 0.2) is 0 Å². The van der Waals surface area contributed by atoms with Crippen molar-refractivity contribution >= 4 is 5.91 Å². The summed E-state index contributed by atoms with van der Waals surface area (Å²) in [6.45, 7) is 12.0. The summed E-state index contributed by atoms with van der Waals surface area (Å²) in [5, 5.41) is 0. The number of carbonyl (C=O) groups excluding carboxylic acids is 1. The fourth-order valence-electron chi connectivity index (χ4n) is 2.97. The highest BCUT2D eigenvalue weighted by molar-refractivity contribution is 5.95. The molecule has 1 aliphatic heterocycles. The summed E-state index contributed by atoms with van der Waals surface area (Å²) in [5.41, 5.74) is 3.14. The molecule has 4 nitrogen and oxygen atoms in total. The predicted molar refractivity (Wildman–Crippen MR) is 77.7 cm³/mol. The van der Waals surface area contributed by atoms with Crippen LogP contribution in [-0.4, -0.2) is 53.5 Å². The van der Waals surface area contributed by atoms with E-state index in [-0.39, 0.29) is 5.91 Å². The highest BCUT2D eigenvalue weighted by atomic mass is 16.2. The Morgan fingerprint density at radius 3 is 2.21 bits per heavy atom. The number of carbonyl (C=O) groups is 1. The molecule has 1 amide bonds. The van der Waals surface area contributed by atoms with Crippen molar-refractivity contribution in [3.63, 3.8) is 0 Å².